The standard InChI is InChI=1S/C22H31N3O3S/c1-16-10-17(2)12-18(11-16)14-25-15-22(28-21(25)26)5-7-24(8-6-22)20(29)23-13-19-4-3-9-27-19/h10-12,19H,3-9,13-15H2,1-2H3,(H,23,29). The Hall–Kier alpha value is -1.86. The molecule has 158 valence electrons. The molecule has 1 aromatic carbocycles. The molecule has 1 amide bonds. The van der Waals surface area contributed by atoms with Gasteiger partial charge in [-0.25, -0.2) is 4.79 Å². The average molecular weight is 418 g/mol. The van der Waals surface area contributed by atoms with Gasteiger partial charge in [-0.3, -0.25) is 4.90 Å². The zero-order chi connectivity index (χ0) is 20.4. The molecule has 1 aromatic rings. The van der Waals surface area contributed by atoms with E-state index < -0.39 is 0 Å². The summed E-state index contributed by atoms with van der Waals surface area (Å²) in [5, 5.41) is 4.13. The number of thiocarbonyl (C=S) groups is 1. The maximum Gasteiger partial charge on any atom is 0.410 e. The summed E-state index contributed by atoms with van der Waals surface area (Å²) in [6.45, 7) is 8.69. The number of hydrogen-bond acceptors (Lipinski definition) is 4. The van der Waals surface area contributed by atoms with Crippen molar-refractivity contribution in [2.24, 2.45) is 0 Å². The lowest BCUT2D eigenvalue weighted by Crippen LogP contribution is -2.52. The maximum atomic E-state index is 12.5. The van der Waals surface area contributed by atoms with Crippen LogP contribution >= 0.6 is 12.2 Å². The van der Waals surface area contributed by atoms with E-state index in [9.17, 15) is 4.79 Å². The van der Waals surface area contributed by atoms with Gasteiger partial charge in [-0.2, -0.15) is 0 Å². The van der Waals surface area contributed by atoms with Crippen LogP contribution in [0.1, 0.15) is 42.4 Å². The summed E-state index contributed by atoms with van der Waals surface area (Å²) in [7, 11) is 0. The van der Waals surface area contributed by atoms with E-state index in [-0.39, 0.29) is 17.8 Å². The van der Waals surface area contributed by atoms with Crippen LogP contribution in [0.25, 0.3) is 0 Å². The molecule has 4 rings (SSSR count). The lowest BCUT2D eigenvalue weighted by Gasteiger charge is -2.38. The van der Waals surface area contributed by atoms with Crippen LogP contribution in [-0.2, 0) is 16.0 Å². The Labute approximate surface area is 178 Å². The summed E-state index contributed by atoms with van der Waals surface area (Å²) in [5.74, 6) is 0. The first-order chi connectivity index (χ1) is 13.9. The minimum atomic E-state index is -0.378. The van der Waals surface area contributed by atoms with Gasteiger partial charge in [0.1, 0.15) is 5.60 Å². The number of carbonyl (C=O) groups excluding carboxylic acids is 1. The number of benzene rings is 1. The van der Waals surface area contributed by atoms with E-state index in [0.29, 0.717) is 13.1 Å². The van der Waals surface area contributed by atoms with Crippen molar-refractivity contribution < 1.29 is 14.3 Å². The van der Waals surface area contributed by atoms with E-state index in [0.717, 1.165) is 62.6 Å². The van der Waals surface area contributed by atoms with E-state index in [1.807, 2.05) is 4.90 Å². The average Bonchev–Trinajstić information content (AvgIpc) is 3.28. The molecule has 0 bridgehead atoms. The molecule has 0 saturated carbocycles. The smallest absolute Gasteiger partial charge is 0.410 e. The molecule has 1 N–H and O–H groups in total. The van der Waals surface area contributed by atoms with Gasteiger partial charge < -0.3 is 19.7 Å². The van der Waals surface area contributed by atoms with Crippen LogP contribution in [0.15, 0.2) is 18.2 Å². The largest absolute Gasteiger partial charge is 0.441 e. The van der Waals surface area contributed by atoms with Gasteiger partial charge in [0.05, 0.1) is 12.6 Å². The number of nitrogens with zero attached hydrogens (tertiary/aromatic N) is 2. The van der Waals surface area contributed by atoms with Gasteiger partial charge in [-0.15, -0.1) is 0 Å². The van der Waals surface area contributed by atoms with Gasteiger partial charge in [0.15, 0.2) is 5.11 Å². The molecule has 1 unspecified atom stereocenters. The summed E-state index contributed by atoms with van der Waals surface area (Å²) >= 11 is 5.57. The van der Waals surface area contributed by atoms with Gasteiger partial charge in [0, 0.05) is 45.6 Å². The van der Waals surface area contributed by atoms with E-state index in [2.05, 4.69) is 42.3 Å². The molecule has 0 aromatic heterocycles. The van der Waals surface area contributed by atoms with Crippen molar-refractivity contribution in [2.75, 3.05) is 32.8 Å². The van der Waals surface area contributed by atoms with Gasteiger partial charge in [-0.05, 0) is 44.5 Å². The highest BCUT2D eigenvalue weighted by molar-refractivity contribution is 7.80. The highest BCUT2D eigenvalue weighted by Crippen LogP contribution is 2.34. The molecule has 3 fully saturated rings. The molecule has 29 heavy (non-hydrogen) atoms. The first-order valence-corrected chi connectivity index (χ1v) is 11.0. The van der Waals surface area contributed by atoms with Gasteiger partial charge in [-0.1, -0.05) is 29.3 Å². The quantitative estimate of drug-likeness (QED) is 0.760. The fraction of sp³-hybridized carbons (Fsp3) is 0.636. The number of nitrogens with one attached hydrogen (secondary N) is 1. The molecule has 6 nitrogen and oxygen atoms in total. The van der Waals surface area contributed by atoms with E-state index in [4.69, 9.17) is 21.7 Å². The van der Waals surface area contributed by atoms with Crippen LogP contribution in [0.4, 0.5) is 4.79 Å². The molecule has 0 aliphatic carbocycles. The fourth-order valence-electron chi connectivity index (χ4n) is 4.69. The van der Waals surface area contributed by atoms with E-state index in [1.54, 1.807) is 0 Å². The fourth-order valence-corrected chi connectivity index (χ4v) is 4.96. The van der Waals surface area contributed by atoms with Crippen molar-refractivity contribution in [2.45, 2.75) is 57.8 Å². The first kappa shape index (κ1) is 20.4. The zero-order valence-corrected chi connectivity index (χ0v) is 18.2. The number of carbonyl (C=O) groups is 1. The highest BCUT2D eigenvalue weighted by atomic mass is 32.1. The monoisotopic (exact) mass is 417 g/mol. The molecule has 1 spiro atoms. The third kappa shape index (κ3) is 4.83. The predicted octanol–water partition coefficient (Wildman–Crippen LogP) is 3.14. The van der Waals surface area contributed by atoms with Crippen LogP contribution in [-0.4, -0.2) is 65.5 Å². The minimum Gasteiger partial charge on any atom is -0.441 e. The molecular weight excluding hydrogens is 386 g/mol. The zero-order valence-electron chi connectivity index (χ0n) is 17.4. The Morgan fingerprint density at radius 1 is 1.24 bits per heavy atom. The molecule has 3 heterocycles. The summed E-state index contributed by atoms with van der Waals surface area (Å²) in [6.07, 6.45) is 3.93. The third-order valence-electron chi connectivity index (χ3n) is 6.16. The van der Waals surface area contributed by atoms with Crippen LogP contribution < -0.4 is 5.32 Å². The van der Waals surface area contributed by atoms with Gasteiger partial charge in [0.25, 0.3) is 0 Å². The van der Waals surface area contributed by atoms with Crippen molar-refractivity contribution in [1.82, 2.24) is 15.1 Å². The van der Waals surface area contributed by atoms with Crippen molar-refractivity contribution in [3.05, 3.63) is 34.9 Å². The Morgan fingerprint density at radius 3 is 2.62 bits per heavy atom. The van der Waals surface area contributed by atoms with Crippen molar-refractivity contribution in [3.63, 3.8) is 0 Å². The predicted molar refractivity (Wildman–Crippen MR) is 116 cm³/mol. The molecule has 3 aliphatic heterocycles. The Morgan fingerprint density at radius 2 is 1.97 bits per heavy atom. The summed E-state index contributed by atoms with van der Waals surface area (Å²) in [6, 6.07) is 6.44. The summed E-state index contributed by atoms with van der Waals surface area (Å²) < 4.78 is 11.5. The molecule has 0 radical (unpaired) electrons. The normalized spacial score (nSPS) is 23.5. The summed E-state index contributed by atoms with van der Waals surface area (Å²) in [4.78, 5) is 16.6. The second-order valence-electron chi connectivity index (χ2n) is 8.71. The van der Waals surface area contributed by atoms with Crippen molar-refractivity contribution >= 4 is 23.4 Å². The number of hydrogen-bond donors (Lipinski definition) is 1. The minimum absolute atomic E-state index is 0.198. The molecule has 7 heteroatoms. The van der Waals surface area contributed by atoms with Crippen LogP contribution in [0.3, 0.4) is 0 Å². The Kier molecular flexibility index (Phi) is 5.97. The van der Waals surface area contributed by atoms with Gasteiger partial charge >= 0.3 is 6.09 Å². The molecule has 1 atom stereocenters. The number of ether oxygens (including phenoxy) is 2. The van der Waals surface area contributed by atoms with Crippen molar-refractivity contribution in [3.8, 4) is 0 Å². The lowest BCUT2D eigenvalue weighted by molar-refractivity contribution is 0.0144. The van der Waals surface area contributed by atoms with E-state index in [1.165, 1.54) is 11.1 Å². The van der Waals surface area contributed by atoms with Gasteiger partial charge in [0.2, 0.25) is 0 Å². The van der Waals surface area contributed by atoms with E-state index >= 15 is 0 Å². The highest BCUT2D eigenvalue weighted by Gasteiger charge is 2.47. The number of amides is 1. The second kappa shape index (κ2) is 8.48. The Balaban J connectivity index is 1.29. The van der Waals surface area contributed by atoms with Crippen LogP contribution in [0, 0.1) is 13.8 Å². The lowest BCUT2D eigenvalue weighted by atomic mass is 9.91. The number of likely N-dealkylation sites (tertiary alicyclic amines) is 1. The first-order valence-electron chi connectivity index (χ1n) is 10.6. The SMILES string of the molecule is Cc1cc(C)cc(CN2CC3(CCN(C(=S)NCC4CCCO4)CC3)OC2=O)c1. The number of rotatable bonds is 4. The number of aryl methyl sites for hydroxylation is 2. The number of piperidine rings is 1. The third-order valence-corrected chi connectivity index (χ3v) is 6.57. The second-order valence-corrected chi connectivity index (χ2v) is 9.10. The molecule has 3 saturated heterocycles. The topological polar surface area (TPSA) is 54.0 Å². The maximum absolute atomic E-state index is 12.5. The van der Waals surface area contributed by atoms with Crippen molar-refractivity contribution in [1.29, 1.82) is 0 Å². The molecule has 3 aliphatic rings. The Bertz CT molecular complexity index is 750. The molecular formula is C22H31N3O3S. The van der Waals surface area contributed by atoms with Crippen LogP contribution in [0.5, 0.6) is 0 Å². The summed E-state index contributed by atoms with van der Waals surface area (Å²) in [5.41, 5.74) is 3.23. The van der Waals surface area contributed by atoms with Crippen LogP contribution in [0.2, 0.25) is 0 Å².